The Balaban J connectivity index is 1.28. The van der Waals surface area contributed by atoms with Crippen LogP contribution in [0.5, 0.6) is 5.88 Å². The van der Waals surface area contributed by atoms with Gasteiger partial charge in [0.25, 0.3) is 0 Å². The van der Waals surface area contributed by atoms with Gasteiger partial charge in [-0.15, -0.1) is 5.10 Å². The van der Waals surface area contributed by atoms with Gasteiger partial charge in [-0.05, 0) is 53.6 Å². The molecule has 1 aliphatic carbocycles. The molecular formula is C24H22N4O. The highest BCUT2D eigenvalue weighted by Crippen LogP contribution is 2.40. The molecule has 1 aliphatic rings. The highest BCUT2D eigenvalue weighted by atomic mass is 16.5. The number of benzene rings is 1. The first kappa shape index (κ1) is 17.6. The van der Waals surface area contributed by atoms with Crippen molar-refractivity contribution in [1.29, 1.82) is 0 Å². The van der Waals surface area contributed by atoms with Gasteiger partial charge in [-0.2, -0.15) is 0 Å². The van der Waals surface area contributed by atoms with Gasteiger partial charge in [-0.25, -0.2) is 0 Å². The van der Waals surface area contributed by atoms with E-state index < -0.39 is 0 Å². The molecule has 1 saturated carbocycles. The van der Waals surface area contributed by atoms with Crippen molar-refractivity contribution in [2.24, 2.45) is 7.05 Å². The second kappa shape index (κ2) is 7.51. The van der Waals surface area contributed by atoms with Crippen molar-refractivity contribution >= 4 is 0 Å². The van der Waals surface area contributed by atoms with E-state index >= 15 is 0 Å². The number of hydrogen-bond acceptors (Lipinski definition) is 4. The van der Waals surface area contributed by atoms with Crippen LogP contribution in [-0.4, -0.2) is 19.7 Å². The van der Waals surface area contributed by atoms with Crippen molar-refractivity contribution in [1.82, 2.24) is 19.7 Å². The van der Waals surface area contributed by atoms with Crippen LogP contribution in [0.3, 0.4) is 0 Å². The number of ether oxygens (including phenoxy) is 1. The fraction of sp³-hybridized carbons (Fsp3) is 0.208. The third kappa shape index (κ3) is 3.90. The van der Waals surface area contributed by atoms with Crippen LogP contribution in [-0.2, 0) is 13.7 Å². The van der Waals surface area contributed by atoms with E-state index in [2.05, 4.69) is 51.5 Å². The van der Waals surface area contributed by atoms with E-state index in [1.54, 1.807) is 17.1 Å². The maximum Gasteiger partial charge on any atom is 0.241 e. The Hall–Kier alpha value is -3.47. The summed E-state index contributed by atoms with van der Waals surface area (Å²) < 4.78 is 7.79. The molecule has 5 nitrogen and oxygen atoms in total. The molecule has 144 valence electrons. The standard InChI is InChI=1S/C24H22N4O/c1-28-15-22(19-10-12-25-13-11-19)24(27-28)29-16-17-2-4-20(5-3-17)23-9-8-21(14-26-23)18-6-7-18/h2-5,8-15,18H,6-7,16H2,1H3. The maximum atomic E-state index is 6.03. The topological polar surface area (TPSA) is 52.8 Å². The van der Waals surface area contributed by atoms with Crippen molar-refractivity contribution in [3.63, 3.8) is 0 Å². The molecular weight excluding hydrogens is 360 g/mol. The molecule has 0 spiro atoms. The van der Waals surface area contributed by atoms with E-state index in [9.17, 15) is 0 Å². The fourth-order valence-electron chi connectivity index (χ4n) is 3.46. The SMILES string of the molecule is Cn1cc(-c2ccncc2)c(OCc2ccc(-c3ccc(C4CC4)cn3)cc2)n1. The van der Waals surface area contributed by atoms with Gasteiger partial charge < -0.3 is 4.74 Å². The molecule has 0 bridgehead atoms. The summed E-state index contributed by atoms with van der Waals surface area (Å²) in [5.74, 6) is 1.36. The molecule has 5 rings (SSSR count). The fourth-order valence-corrected chi connectivity index (χ4v) is 3.46. The Labute approximate surface area is 170 Å². The van der Waals surface area contributed by atoms with Gasteiger partial charge in [0.15, 0.2) is 0 Å². The highest BCUT2D eigenvalue weighted by Gasteiger charge is 2.23. The lowest BCUT2D eigenvalue weighted by Gasteiger charge is -2.07. The zero-order valence-electron chi connectivity index (χ0n) is 16.3. The zero-order valence-corrected chi connectivity index (χ0v) is 16.3. The van der Waals surface area contributed by atoms with Gasteiger partial charge >= 0.3 is 0 Å². The largest absolute Gasteiger partial charge is 0.471 e. The predicted octanol–water partition coefficient (Wildman–Crippen LogP) is 5.00. The smallest absolute Gasteiger partial charge is 0.241 e. The summed E-state index contributed by atoms with van der Waals surface area (Å²) in [7, 11) is 1.90. The van der Waals surface area contributed by atoms with Crippen molar-refractivity contribution in [2.45, 2.75) is 25.4 Å². The Morgan fingerprint density at radius 3 is 2.45 bits per heavy atom. The second-order valence-electron chi connectivity index (χ2n) is 7.49. The molecule has 0 atom stereocenters. The number of pyridine rings is 2. The lowest BCUT2D eigenvalue weighted by molar-refractivity contribution is 0.292. The summed E-state index contributed by atoms with van der Waals surface area (Å²) in [6, 6.07) is 16.6. The zero-order chi connectivity index (χ0) is 19.6. The summed E-state index contributed by atoms with van der Waals surface area (Å²) in [4.78, 5) is 8.71. The molecule has 3 aromatic heterocycles. The van der Waals surface area contributed by atoms with Gasteiger partial charge in [0.2, 0.25) is 5.88 Å². The van der Waals surface area contributed by atoms with Crippen LogP contribution in [0.2, 0.25) is 0 Å². The molecule has 0 amide bonds. The first-order valence-electron chi connectivity index (χ1n) is 9.88. The van der Waals surface area contributed by atoms with Gasteiger partial charge in [0, 0.05) is 37.4 Å². The van der Waals surface area contributed by atoms with Crippen LogP contribution in [0.25, 0.3) is 22.4 Å². The first-order valence-corrected chi connectivity index (χ1v) is 9.88. The Morgan fingerprint density at radius 1 is 0.966 bits per heavy atom. The van der Waals surface area contributed by atoms with Crippen LogP contribution < -0.4 is 4.74 Å². The Bertz CT molecular complexity index is 1100. The molecule has 4 aromatic rings. The molecule has 1 aromatic carbocycles. The number of aryl methyl sites for hydroxylation is 1. The van der Waals surface area contributed by atoms with Crippen LogP contribution in [0.4, 0.5) is 0 Å². The molecule has 0 radical (unpaired) electrons. The molecule has 29 heavy (non-hydrogen) atoms. The molecule has 0 saturated heterocycles. The summed E-state index contributed by atoms with van der Waals surface area (Å²) in [6.45, 7) is 0.462. The van der Waals surface area contributed by atoms with E-state index in [0.717, 1.165) is 33.9 Å². The van der Waals surface area contributed by atoms with Gasteiger partial charge in [-0.3, -0.25) is 14.6 Å². The normalized spacial score (nSPS) is 13.4. The van der Waals surface area contributed by atoms with Crippen molar-refractivity contribution in [3.05, 3.63) is 84.4 Å². The molecule has 0 aliphatic heterocycles. The van der Waals surface area contributed by atoms with E-state index in [4.69, 9.17) is 4.74 Å². The van der Waals surface area contributed by atoms with Crippen LogP contribution >= 0.6 is 0 Å². The summed E-state index contributed by atoms with van der Waals surface area (Å²) in [6.07, 6.45) is 10.1. The van der Waals surface area contributed by atoms with E-state index in [-0.39, 0.29) is 0 Å². The van der Waals surface area contributed by atoms with Crippen LogP contribution in [0, 0.1) is 0 Å². The lowest BCUT2D eigenvalue weighted by Crippen LogP contribution is -1.98. The van der Waals surface area contributed by atoms with E-state index in [1.165, 1.54) is 18.4 Å². The van der Waals surface area contributed by atoms with Crippen molar-refractivity contribution in [3.8, 4) is 28.3 Å². The van der Waals surface area contributed by atoms with Crippen molar-refractivity contribution in [2.75, 3.05) is 0 Å². The number of nitrogens with zero attached hydrogens (tertiary/aromatic N) is 4. The monoisotopic (exact) mass is 382 g/mol. The van der Waals surface area contributed by atoms with E-state index in [0.29, 0.717) is 12.5 Å². The number of hydrogen-bond donors (Lipinski definition) is 0. The van der Waals surface area contributed by atoms with Crippen LogP contribution in [0.1, 0.15) is 29.9 Å². The van der Waals surface area contributed by atoms with Gasteiger partial charge in [-0.1, -0.05) is 30.3 Å². The minimum atomic E-state index is 0.462. The summed E-state index contributed by atoms with van der Waals surface area (Å²) in [5.41, 5.74) is 6.58. The highest BCUT2D eigenvalue weighted by molar-refractivity contribution is 5.67. The van der Waals surface area contributed by atoms with Gasteiger partial charge in [0.1, 0.15) is 6.61 Å². The molecule has 0 unspecified atom stereocenters. The number of rotatable bonds is 6. The van der Waals surface area contributed by atoms with Gasteiger partial charge in [0.05, 0.1) is 11.3 Å². The lowest BCUT2D eigenvalue weighted by atomic mass is 10.1. The average Bonchev–Trinajstić information content (AvgIpc) is 3.56. The second-order valence-corrected chi connectivity index (χ2v) is 7.49. The summed E-state index contributed by atoms with van der Waals surface area (Å²) in [5, 5.41) is 4.46. The number of aromatic nitrogens is 4. The summed E-state index contributed by atoms with van der Waals surface area (Å²) >= 11 is 0. The first-order chi connectivity index (χ1) is 14.3. The average molecular weight is 382 g/mol. The van der Waals surface area contributed by atoms with E-state index in [1.807, 2.05) is 31.6 Å². The van der Waals surface area contributed by atoms with Crippen molar-refractivity contribution < 1.29 is 4.74 Å². The molecule has 3 heterocycles. The Morgan fingerprint density at radius 2 is 1.76 bits per heavy atom. The van der Waals surface area contributed by atoms with Crippen LogP contribution in [0.15, 0.2) is 73.3 Å². The minimum absolute atomic E-state index is 0.462. The molecule has 1 fully saturated rings. The third-order valence-electron chi connectivity index (χ3n) is 5.25. The molecule has 0 N–H and O–H groups in total. The Kier molecular flexibility index (Phi) is 4.56. The third-order valence-corrected chi connectivity index (χ3v) is 5.25. The maximum absolute atomic E-state index is 6.03. The predicted molar refractivity (Wildman–Crippen MR) is 112 cm³/mol. The molecule has 5 heteroatoms. The minimum Gasteiger partial charge on any atom is -0.471 e. The quantitative estimate of drug-likeness (QED) is 0.471.